The van der Waals surface area contributed by atoms with Crippen LogP contribution in [0, 0.1) is 6.92 Å². The van der Waals surface area contributed by atoms with Gasteiger partial charge in [0.05, 0.1) is 5.57 Å². The Morgan fingerprint density at radius 2 is 2.32 bits per heavy atom. The van der Waals surface area contributed by atoms with Gasteiger partial charge in [-0.25, -0.2) is 0 Å². The summed E-state index contributed by atoms with van der Waals surface area (Å²) < 4.78 is 1.59. The van der Waals surface area contributed by atoms with Crippen LogP contribution >= 0.6 is 11.3 Å². The number of fused-ring (bicyclic) bond motifs is 1. The number of amides is 1. The van der Waals surface area contributed by atoms with E-state index < -0.39 is 5.91 Å². The van der Waals surface area contributed by atoms with E-state index in [9.17, 15) is 4.79 Å². The maximum Gasteiger partial charge on any atom is 0.248 e. The Labute approximate surface area is 113 Å². The van der Waals surface area contributed by atoms with Crippen molar-refractivity contribution < 1.29 is 4.79 Å². The number of allylic oxidation sites excluding steroid dienone is 1. The lowest BCUT2D eigenvalue weighted by atomic mass is 9.99. The quantitative estimate of drug-likeness (QED) is 0.846. The highest BCUT2D eigenvalue weighted by Crippen LogP contribution is 2.37. The number of primary amides is 1. The molecule has 0 aliphatic carbocycles. The first kappa shape index (κ1) is 11.8. The molecule has 0 spiro atoms. The van der Waals surface area contributed by atoms with Gasteiger partial charge in [0, 0.05) is 10.6 Å². The van der Waals surface area contributed by atoms with Gasteiger partial charge in [-0.15, -0.1) is 11.3 Å². The van der Waals surface area contributed by atoms with Crippen LogP contribution < -0.4 is 11.1 Å². The van der Waals surface area contributed by atoms with Crippen molar-refractivity contribution in [2.24, 2.45) is 5.73 Å². The number of thiophene rings is 1. The Morgan fingerprint density at radius 3 is 2.95 bits per heavy atom. The van der Waals surface area contributed by atoms with Gasteiger partial charge in [-0.05, 0) is 41.3 Å². The number of aryl methyl sites for hydroxylation is 1. The molecule has 0 saturated carbocycles. The maximum atomic E-state index is 11.8. The van der Waals surface area contributed by atoms with Gasteiger partial charge in [-0.2, -0.15) is 4.68 Å². The summed E-state index contributed by atoms with van der Waals surface area (Å²) in [6.45, 7) is 3.79. The van der Waals surface area contributed by atoms with Crippen molar-refractivity contribution >= 4 is 23.2 Å². The molecule has 19 heavy (non-hydrogen) atoms. The average molecular weight is 276 g/mol. The molecule has 0 saturated heterocycles. The first-order valence-electron chi connectivity index (χ1n) is 5.69. The molecule has 0 bridgehead atoms. The Bertz CT molecular complexity index is 685. The molecule has 2 aromatic rings. The molecule has 0 fully saturated rings. The SMILES string of the molecule is CC1=C(C(N)=O)[C@H](c2sccc2C)n2nnnc2N1. The van der Waals surface area contributed by atoms with Crippen molar-refractivity contribution in [3.8, 4) is 0 Å². The summed E-state index contributed by atoms with van der Waals surface area (Å²) in [5.74, 6) is 0.0456. The standard InChI is InChI=1S/C11H12N6OS/c1-5-3-4-19-9(5)8-7(10(12)18)6(2)13-11-14-15-16-17(8)11/h3-4,8H,1-2H3,(H2,12,18)(H,13,14,16)/t8-/m1/s1. The Kier molecular flexibility index (Phi) is 2.59. The van der Waals surface area contributed by atoms with Gasteiger partial charge < -0.3 is 11.1 Å². The summed E-state index contributed by atoms with van der Waals surface area (Å²) in [6, 6.07) is 1.64. The molecule has 3 heterocycles. The monoisotopic (exact) mass is 276 g/mol. The molecule has 1 amide bonds. The van der Waals surface area contributed by atoms with E-state index in [4.69, 9.17) is 5.73 Å². The van der Waals surface area contributed by atoms with Gasteiger partial charge in [0.2, 0.25) is 11.9 Å². The minimum atomic E-state index is -0.469. The largest absolute Gasteiger partial charge is 0.366 e. The highest BCUT2D eigenvalue weighted by Gasteiger charge is 2.34. The fraction of sp³-hybridized carbons (Fsp3) is 0.273. The van der Waals surface area contributed by atoms with Crippen molar-refractivity contribution in [1.29, 1.82) is 0 Å². The van der Waals surface area contributed by atoms with Gasteiger partial charge in [-0.3, -0.25) is 4.79 Å². The number of hydrogen-bond acceptors (Lipinski definition) is 6. The van der Waals surface area contributed by atoms with Crippen LogP contribution in [0.15, 0.2) is 22.7 Å². The molecule has 0 radical (unpaired) electrons. The van der Waals surface area contributed by atoms with Gasteiger partial charge in [-0.1, -0.05) is 5.10 Å². The molecule has 3 rings (SSSR count). The predicted octanol–water partition coefficient (Wildman–Crippen LogP) is 0.817. The van der Waals surface area contributed by atoms with Gasteiger partial charge in [0.15, 0.2) is 0 Å². The van der Waals surface area contributed by atoms with Crippen LogP contribution in [0.25, 0.3) is 0 Å². The summed E-state index contributed by atoms with van der Waals surface area (Å²) >= 11 is 1.56. The molecule has 1 aliphatic heterocycles. The first-order valence-corrected chi connectivity index (χ1v) is 6.57. The number of rotatable bonds is 2. The third-order valence-corrected chi connectivity index (χ3v) is 4.20. The van der Waals surface area contributed by atoms with Crippen molar-refractivity contribution in [1.82, 2.24) is 20.2 Å². The second kappa shape index (κ2) is 4.16. The average Bonchev–Trinajstić information content (AvgIpc) is 2.95. The number of carbonyl (C=O) groups is 1. The zero-order valence-electron chi connectivity index (χ0n) is 10.4. The minimum Gasteiger partial charge on any atom is -0.366 e. The fourth-order valence-corrected chi connectivity index (χ4v) is 3.26. The number of carbonyl (C=O) groups excluding carboxylic acids is 1. The predicted molar refractivity (Wildman–Crippen MR) is 70.5 cm³/mol. The normalized spacial score (nSPS) is 18.1. The van der Waals surface area contributed by atoms with E-state index in [-0.39, 0.29) is 6.04 Å². The minimum absolute atomic E-state index is 0.358. The lowest BCUT2D eigenvalue weighted by Gasteiger charge is -2.26. The molecule has 0 unspecified atom stereocenters. The van der Waals surface area contributed by atoms with Crippen molar-refractivity contribution in [3.63, 3.8) is 0 Å². The summed E-state index contributed by atoms with van der Waals surface area (Å²) in [5.41, 5.74) is 7.78. The van der Waals surface area contributed by atoms with Gasteiger partial charge in [0.1, 0.15) is 6.04 Å². The van der Waals surface area contributed by atoms with Gasteiger partial charge >= 0.3 is 0 Å². The van der Waals surface area contributed by atoms with E-state index in [2.05, 4.69) is 20.8 Å². The fourth-order valence-electron chi connectivity index (χ4n) is 2.24. The topological polar surface area (TPSA) is 98.7 Å². The molecule has 7 nitrogen and oxygen atoms in total. The molecule has 8 heteroatoms. The number of hydrogen-bond donors (Lipinski definition) is 2. The summed E-state index contributed by atoms with van der Waals surface area (Å²) in [4.78, 5) is 12.8. The summed E-state index contributed by atoms with van der Waals surface area (Å²) in [7, 11) is 0. The van der Waals surface area contributed by atoms with E-state index >= 15 is 0 Å². The number of tetrazole rings is 1. The zero-order chi connectivity index (χ0) is 13.6. The van der Waals surface area contributed by atoms with Crippen LogP contribution in [-0.4, -0.2) is 26.1 Å². The van der Waals surface area contributed by atoms with E-state index in [1.54, 1.807) is 22.9 Å². The van der Waals surface area contributed by atoms with Crippen LogP contribution in [0.4, 0.5) is 5.95 Å². The summed E-state index contributed by atoms with van der Waals surface area (Å²) in [6.07, 6.45) is 0. The van der Waals surface area contributed by atoms with Crippen LogP contribution in [-0.2, 0) is 4.79 Å². The van der Waals surface area contributed by atoms with Crippen LogP contribution in [0.5, 0.6) is 0 Å². The lowest BCUT2D eigenvalue weighted by Crippen LogP contribution is -2.31. The smallest absolute Gasteiger partial charge is 0.248 e. The summed E-state index contributed by atoms with van der Waals surface area (Å²) in [5, 5.41) is 16.5. The third-order valence-electron chi connectivity index (χ3n) is 3.13. The highest BCUT2D eigenvalue weighted by atomic mass is 32.1. The van der Waals surface area contributed by atoms with E-state index in [0.29, 0.717) is 17.2 Å². The van der Waals surface area contributed by atoms with Crippen LogP contribution in [0.3, 0.4) is 0 Å². The Morgan fingerprint density at radius 1 is 1.53 bits per heavy atom. The van der Waals surface area contributed by atoms with E-state index in [0.717, 1.165) is 10.4 Å². The molecule has 98 valence electrons. The molecule has 1 atom stereocenters. The van der Waals surface area contributed by atoms with E-state index in [1.807, 2.05) is 18.4 Å². The molecule has 3 N–H and O–H groups in total. The van der Waals surface area contributed by atoms with E-state index in [1.165, 1.54) is 0 Å². The van der Waals surface area contributed by atoms with Crippen molar-refractivity contribution in [2.45, 2.75) is 19.9 Å². The number of anilines is 1. The molecular weight excluding hydrogens is 264 g/mol. The number of aromatic nitrogens is 4. The van der Waals surface area contributed by atoms with Crippen molar-refractivity contribution in [2.75, 3.05) is 5.32 Å². The first-order chi connectivity index (χ1) is 9.09. The van der Waals surface area contributed by atoms with Crippen LogP contribution in [0.1, 0.15) is 23.4 Å². The molecular formula is C11H12N6OS. The molecule has 0 aromatic carbocycles. The second-order valence-corrected chi connectivity index (χ2v) is 5.29. The molecule has 2 aromatic heterocycles. The highest BCUT2D eigenvalue weighted by molar-refractivity contribution is 7.10. The second-order valence-electron chi connectivity index (χ2n) is 4.35. The maximum absolute atomic E-state index is 11.8. The Hall–Kier alpha value is -2.22. The molecule has 1 aliphatic rings. The Balaban J connectivity index is 2.24. The van der Waals surface area contributed by atoms with Gasteiger partial charge in [0.25, 0.3) is 0 Å². The number of nitrogens with zero attached hydrogens (tertiary/aromatic N) is 4. The van der Waals surface area contributed by atoms with Crippen LogP contribution in [0.2, 0.25) is 0 Å². The number of nitrogens with one attached hydrogen (secondary N) is 1. The van der Waals surface area contributed by atoms with Crippen molar-refractivity contribution in [3.05, 3.63) is 33.2 Å². The number of nitrogens with two attached hydrogens (primary N) is 1. The lowest BCUT2D eigenvalue weighted by molar-refractivity contribution is -0.115. The zero-order valence-corrected chi connectivity index (χ0v) is 11.2. The third kappa shape index (κ3) is 1.72.